The number of carbonyl (C=O) groups is 1. The molecule has 1 aliphatic rings. The van der Waals surface area contributed by atoms with Crippen LogP contribution >= 0.6 is 23.5 Å². The van der Waals surface area contributed by atoms with E-state index in [1.54, 1.807) is 23.5 Å². The molecule has 0 atom stereocenters. The van der Waals surface area contributed by atoms with Crippen molar-refractivity contribution in [2.75, 3.05) is 18.8 Å². The van der Waals surface area contributed by atoms with Crippen LogP contribution in [0.4, 0.5) is 0 Å². The predicted octanol–water partition coefficient (Wildman–Crippen LogP) is 3.16. The standard InChI is InChI=1S/C14H18N2OS2/c1-2-7-15-13(17)12-6-4-3-5-11(12)10-19-14-16-8-9-18-14/h3-6H,2,7-10H2,1H3,(H,15,17). The van der Waals surface area contributed by atoms with Crippen LogP contribution in [0.2, 0.25) is 0 Å². The zero-order chi connectivity index (χ0) is 13.5. The summed E-state index contributed by atoms with van der Waals surface area (Å²) in [4.78, 5) is 16.5. The lowest BCUT2D eigenvalue weighted by molar-refractivity contribution is 0.0953. The summed E-state index contributed by atoms with van der Waals surface area (Å²) in [5.41, 5.74) is 1.86. The molecule has 0 saturated carbocycles. The molecule has 1 N–H and O–H groups in total. The summed E-state index contributed by atoms with van der Waals surface area (Å²) in [7, 11) is 0. The molecule has 1 aromatic rings. The van der Waals surface area contributed by atoms with Gasteiger partial charge in [0.05, 0.1) is 6.54 Å². The second kappa shape index (κ2) is 7.60. The maximum atomic E-state index is 12.1. The molecule has 0 spiro atoms. The number of hydrogen-bond donors (Lipinski definition) is 1. The average molecular weight is 294 g/mol. The molecule has 0 aliphatic carbocycles. The lowest BCUT2D eigenvalue weighted by Gasteiger charge is -2.09. The van der Waals surface area contributed by atoms with Crippen molar-refractivity contribution in [2.24, 2.45) is 4.99 Å². The first-order valence-corrected chi connectivity index (χ1v) is 8.44. The van der Waals surface area contributed by atoms with E-state index in [0.29, 0.717) is 0 Å². The van der Waals surface area contributed by atoms with Gasteiger partial charge in [-0.25, -0.2) is 0 Å². The third-order valence-electron chi connectivity index (χ3n) is 2.71. The Kier molecular flexibility index (Phi) is 5.79. The molecule has 0 radical (unpaired) electrons. The van der Waals surface area contributed by atoms with Crippen LogP contribution in [-0.2, 0) is 5.75 Å². The van der Waals surface area contributed by atoms with Gasteiger partial charge in [0.2, 0.25) is 0 Å². The van der Waals surface area contributed by atoms with Crippen LogP contribution < -0.4 is 5.32 Å². The summed E-state index contributed by atoms with van der Waals surface area (Å²) in [6.45, 7) is 3.70. The van der Waals surface area contributed by atoms with Gasteiger partial charge >= 0.3 is 0 Å². The van der Waals surface area contributed by atoms with Crippen molar-refractivity contribution in [3.8, 4) is 0 Å². The van der Waals surface area contributed by atoms with Gasteiger partial charge in [-0.3, -0.25) is 9.79 Å². The summed E-state index contributed by atoms with van der Waals surface area (Å²) in [5, 5.41) is 2.93. The highest BCUT2D eigenvalue weighted by molar-refractivity contribution is 8.38. The molecule has 1 heterocycles. The van der Waals surface area contributed by atoms with Gasteiger partial charge in [0, 0.05) is 23.6 Å². The quantitative estimate of drug-likeness (QED) is 0.907. The Labute approximate surface area is 122 Å². The van der Waals surface area contributed by atoms with E-state index < -0.39 is 0 Å². The topological polar surface area (TPSA) is 41.5 Å². The molecule has 5 heteroatoms. The van der Waals surface area contributed by atoms with Crippen molar-refractivity contribution < 1.29 is 4.79 Å². The molecule has 0 aromatic heterocycles. The van der Waals surface area contributed by atoms with E-state index in [9.17, 15) is 4.79 Å². The molecule has 3 nitrogen and oxygen atoms in total. The smallest absolute Gasteiger partial charge is 0.251 e. The zero-order valence-corrected chi connectivity index (χ0v) is 12.6. The number of rotatable bonds is 5. The van der Waals surface area contributed by atoms with Crippen molar-refractivity contribution in [3.63, 3.8) is 0 Å². The minimum absolute atomic E-state index is 0.0269. The Morgan fingerprint density at radius 1 is 1.47 bits per heavy atom. The third kappa shape index (κ3) is 4.28. The van der Waals surface area contributed by atoms with E-state index in [2.05, 4.69) is 17.2 Å². The maximum Gasteiger partial charge on any atom is 0.251 e. The number of thioether (sulfide) groups is 2. The first-order valence-electron chi connectivity index (χ1n) is 6.47. The monoisotopic (exact) mass is 294 g/mol. The second-order valence-electron chi connectivity index (χ2n) is 4.20. The average Bonchev–Trinajstić information content (AvgIpc) is 2.96. The van der Waals surface area contributed by atoms with Crippen LogP contribution in [0.5, 0.6) is 0 Å². The minimum Gasteiger partial charge on any atom is -0.352 e. The second-order valence-corrected chi connectivity index (χ2v) is 6.50. The van der Waals surface area contributed by atoms with E-state index >= 15 is 0 Å². The van der Waals surface area contributed by atoms with Crippen molar-refractivity contribution in [3.05, 3.63) is 35.4 Å². The fourth-order valence-corrected chi connectivity index (χ4v) is 3.76. The molecule has 0 saturated heterocycles. The number of hydrogen-bond acceptors (Lipinski definition) is 4. The van der Waals surface area contributed by atoms with E-state index in [1.165, 1.54) is 0 Å². The molecule has 0 bridgehead atoms. The largest absolute Gasteiger partial charge is 0.352 e. The van der Waals surface area contributed by atoms with Crippen molar-refractivity contribution in [1.29, 1.82) is 0 Å². The Balaban J connectivity index is 2.00. The van der Waals surface area contributed by atoms with Gasteiger partial charge in [-0.05, 0) is 18.1 Å². The van der Waals surface area contributed by atoms with Gasteiger partial charge in [-0.2, -0.15) is 0 Å². The summed E-state index contributed by atoms with van der Waals surface area (Å²) < 4.78 is 1.14. The van der Waals surface area contributed by atoms with Crippen molar-refractivity contribution >= 4 is 33.8 Å². The zero-order valence-electron chi connectivity index (χ0n) is 11.0. The molecular weight excluding hydrogens is 276 g/mol. The van der Waals surface area contributed by atoms with E-state index in [0.717, 1.165) is 46.5 Å². The highest BCUT2D eigenvalue weighted by Gasteiger charge is 2.13. The molecule has 1 aliphatic heterocycles. The summed E-state index contributed by atoms with van der Waals surface area (Å²) in [6.07, 6.45) is 0.954. The Morgan fingerprint density at radius 2 is 2.32 bits per heavy atom. The van der Waals surface area contributed by atoms with Crippen LogP contribution in [0.15, 0.2) is 29.3 Å². The van der Waals surface area contributed by atoms with Gasteiger partial charge in [-0.15, -0.1) is 0 Å². The predicted molar refractivity (Wildman–Crippen MR) is 85.1 cm³/mol. The SMILES string of the molecule is CCCNC(=O)c1ccccc1CSC1=NCCS1. The molecule has 1 aromatic carbocycles. The third-order valence-corrected chi connectivity index (χ3v) is 5.01. The molecule has 0 fully saturated rings. The maximum absolute atomic E-state index is 12.1. The lowest BCUT2D eigenvalue weighted by atomic mass is 10.1. The normalized spacial score (nSPS) is 14.3. The van der Waals surface area contributed by atoms with E-state index in [4.69, 9.17) is 0 Å². The van der Waals surface area contributed by atoms with E-state index in [1.807, 2.05) is 24.3 Å². The lowest BCUT2D eigenvalue weighted by Crippen LogP contribution is -2.25. The Morgan fingerprint density at radius 3 is 3.05 bits per heavy atom. The molecule has 2 rings (SSSR count). The molecule has 19 heavy (non-hydrogen) atoms. The molecule has 102 valence electrons. The van der Waals surface area contributed by atoms with Gasteiger partial charge in [0.15, 0.2) is 0 Å². The highest BCUT2D eigenvalue weighted by atomic mass is 32.2. The Hall–Kier alpha value is -0.940. The van der Waals surface area contributed by atoms with Gasteiger partial charge in [-0.1, -0.05) is 48.6 Å². The first-order chi connectivity index (χ1) is 9.31. The Bertz CT molecular complexity index is 474. The van der Waals surface area contributed by atoms with Crippen LogP contribution in [0.25, 0.3) is 0 Å². The first kappa shape index (κ1) is 14.5. The summed E-state index contributed by atoms with van der Waals surface area (Å²) in [5.74, 6) is 1.92. The number of nitrogens with one attached hydrogen (secondary N) is 1. The van der Waals surface area contributed by atoms with Crippen LogP contribution in [0.3, 0.4) is 0 Å². The number of carbonyl (C=O) groups excluding carboxylic acids is 1. The van der Waals surface area contributed by atoms with E-state index in [-0.39, 0.29) is 5.91 Å². The van der Waals surface area contributed by atoms with Crippen LogP contribution in [-0.4, -0.2) is 29.1 Å². The molecular formula is C14H18N2OS2. The highest BCUT2D eigenvalue weighted by Crippen LogP contribution is 2.26. The fourth-order valence-electron chi connectivity index (χ4n) is 1.74. The molecule has 0 unspecified atom stereocenters. The van der Waals surface area contributed by atoms with Gasteiger partial charge < -0.3 is 5.32 Å². The van der Waals surface area contributed by atoms with Crippen molar-refractivity contribution in [1.82, 2.24) is 5.32 Å². The molecule has 1 amide bonds. The van der Waals surface area contributed by atoms with Crippen LogP contribution in [0, 0.1) is 0 Å². The summed E-state index contributed by atoms with van der Waals surface area (Å²) in [6, 6.07) is 7.81. The van der Waals surface area contributed by atoms with Crippen LogP contribution in [0.1, 0.15) is 29.3 Å². The number of nitrogens with zero attached hydrogens (tertiary/aromatic N) is 1. The fraction of sp³-hybridized carbons (Fsp3) is 0.429. The van der Waals surface area contributed by atoms with Gasteiger partial charge in [0.1, 0.15) is 4.38 Å². The summed E-state index contributed by atoms with van der Waals surface area (Å²) >= 11 is 3.53. The van der Waals surface area contributed by atoms with Gasteiger partial charge in [0.25, 0.3) is 5.91 Å². The number of benzene rings is 1. The number of aliphatic imine (C=N–C) groups is 1. The minimum atomic E-state index is 0.0269. The number of amides is 1. The van der Waals surface area contributed by atoms with Crippen molar-refractivity contribution in [2.45, 2.75) is 19.1 Å².